The molecule has 9 heteroatoms. The molecule has 3 rings (SSSR count). The number of hydrogen-bond acceptors (Lipinski definition) is 6. The van der Waals surface area contributed by atoms with E-state index in [0.29, 0.717) is 39.2 Å². The maximum Gasteiger partial charge on any atom is 0.267 e. The van der Waals surface area contributed by atoms with Crippen molar-refractivity contribution in [1.29, 1.82) is 0 Å². The molecule has 0 aliphatic heterocycles. The third kappa shape index (κ3) is 4.72. The molecule has 0 bridgehead atoms. The standard InChI is InChI=1S/C21H20ClN3O5/c1-28-17-8-5-14(11-15(17)22)23-20(26)12-25-21(27)9-6-16(24-25)13-4-7-18(29-2)19(10-13)30-3/h4-11H,12H2,1-3H3,(H,23,26). The summed E-state index contributed by atoms with van der Waals surface area (Å²) in [5.41, 5.74) is 1.30. The summed E-state index contributed by atoms with van der Waals surface area (Å²) in [5.74, 6) is 1.18. The Hall–Kier alpha value is -3.52. The summed E-state index contributed by atoms with van der Waals surface area (Å²) in [7, 11) is 4.58. The average Bonchev–Trinajstić information content (AvgIpc) is 2.75. The molecule has 0 unspecified atom stereocenters. The molecule has 0 saturated carbocycles. The molecule has 1 heterocycles. The van der Waals surface area contributed by atoms with Crippen molar-refractivity contribution in [3.63, 3.8) is 0 Å². The summed E-state index contributed by atoms with van der Waals surface area (Å²) in [6.45, 7) is -0.260. The summed E-state index contributed by atoms with van der Waals surface area (Å²) in [6.07, 6.45) is 0. The van der Waals surface area contributed by atoms with Crippen LogP contribution in [0.3, 0.4) is 0 Å². The van der Waals surface area contributed by atoms with Crippen molar-refractivity contribution in [3.8, 4) is 28.5 Å². The van der Waals surface area contributed by atoms with Gasteiger partial charge in [0.1, 0.15) is 12.3 Å². The third-order valence-corrected chi connectivity index (χ3v) is 4.57. The lowest BCUT2D eigenvalue weighted by Crippen LogP contribution is -2.29. The first kappa shape index (κ1) is 21.2. The predicted octanol–water partition coefficient (Wildman–Crippen LogP) is 3.23. The van der Waals surface area contributed by atoms with Crippen LogP contribution in [0.1, 0.15) is 0 Å². The largest absolute Gasteiger partial charge is 0.495 e. The van der Waals surface area contributed by atoms with Crippen molar-refractivity contribution in [2.75, 3.05) is 26.6 Å². The number of aromatic nitrogens is 2. The Bertz CT molecular complexity index is 1130. The number of hydrogen-bond donors (Lipinski definition) is 1. The van der Waals surface area contributed by atoms with Crippen LogP contribution in [0.5, 0.6) is 17.2 Å². The van der Waals surface area contributed by atoms with Gasteiger partial charge in [0.05, 0.1) is 32.0 Å². The minimum atomic E-state index is -0.421. The fourth-order valence-electron chi connectivity index (χ4n) is 2.79. The van der Waals surface area contributed by atoms with Gasteiger partial charge in [0.2, 0.25) is 5.91 Å². The van der Waals surface area contributed by atoms with Crippen LogP contribution in [-0.2, 0) is 11.3 Å². The summed E-state index contributed by atoms with van der Waals surface area (Å²) in [5, 5.41) is 7.35. The lowest BCUT2D eigenvalue weighted by molar-refractivity contribution is -0.117. The molecule has 156 valence electrons. The van der Waals surface area contributed by atoms with E-state index in [1.54, 1.807) is 49.6 Å². The highest BCUT2D eigenvalue weighted by Gasteiger charge is 2.12. The van der Waals surface area contributed by atoms with Gasteiger partial charge in [0, 0.05) is 17.3 Å². The smallest absolute Gasteiger partial charge is 0.267 e. The van der Waals surface area contributed by atoms with E-state index < -0.39 is 11.5 Å². The normalized spacial score (nSPS) is 10.4. The second-order valence-corrected chi connectivity index (χ2v) is 6.59. The van der Waals surface area contributed by atoms with Crippen molar-refractivity contribution in [3.05, 3.63) is 63.9 Å². The van der Waals surface area contributed by atoms with E-state index in [4.69, 9.17) is 25.8 Å². The molecule has 0 fully saturated rings. The van der Waals surface area contributed by atoms with E-state index in [1.165, 1.54) is 20.3 Å². The monoisotopic (exact) mass is 429 g/mol. The molecule has 0 atom stereocenters. The molecular weight excluding hydrogens is 410 g/mol. The number of amides is 1. The van der Waals surface area contributed by atoms with Crippen LogP contribution in [0.4, 0.5) is 5.69 Å². The number of rotatable bonds is 7. The van der Waals surface area contributed by atoms with Crippen molar-refractivity contribution in [2.45, 2.75) is 6.54 Å². The van der Waals surface area contributed by atoms with E-state index in [2.05, 4.69) is 10.4 Å². The Morgan fingerprint density at radius 3 is 2.33 bits per heavy atom. The van der Waals surface area contributed by atoms with Crippen molar-refractivity contribution >= 4 is 23.2 Å². The molecule has 30 heavy (non-hydrogen) atoms. The highest BCUT2D eigenvalue weighted by atomic mass is 35.5. The molecule has 0 aliphatic rings. The molecular formula is C21H20ClN3O5. The van der Waals surface area contributed by atoms with Crippen LogP contribution in [0.2, 0.25) is 5.02 Å². The molecule has 1 aromatic heterocycles. The molecule has 8 nitrogen and oxygen atoms in total. The number of nitrogens with zero attached hydrogens (tertiary/aromatic N) is 2. The second kappa shape index (κ2) is 9.32. The van der Waals surface area contributed by atoms with Gasteiger partial charge < -0.3 is 19.5 Å². The topological polar surface area (TPSA) is 91.7 Å². The van der Waals surface area contributed by atoms with Gasteiger partial charge >= 0.3 is 0 Å². The highest BCUT2D eigenvalue weighted by Crippen LogP contribution is 2.31. The number of ether oxygens (including phenoxy) is 3. The Morgan fingerprint density at radius 1 is 0.967 bits per heavy atom. The lowest BCUT2D eigenvalue weighted by atomic mass is 10.1. The minimum absolute atomic E-state index is 0.260. The number of anilines is 1. The zero-order valence-electron chi connectivity index (χ0n) is 16.6. The first-order valence-electron chi connectivity index (χ1n) is 8.89. The zero-order valence-corrected chi connectivity index (χ0v) is 17.4. The van der Waals surface area contributed by atoms with E-state index in [0.717, 1.165) is 4.68 Å². The highest BCUT2D eigenvalue weighted by molar-refractivity contribution is 6.32. The molecule has 2 aromatic carbocycles. The molecule has 0 radical (unpaired) electrons. The van der Waals surface area contributed by atoms with E-state index in [-0.39, 0.29) is 6.54 Å². The van der Waals surface area contributed by atoms with Gasteiger partial charge in [-0.2, -0.15) is 5.10 Å². The molecule has 1 N–H and O–H groups in total. The fourth-order valence-corrected chi connectivity index (χ4v) is 3.05. The minimum Gasteiger partial charge on any atom is -0.495 e. The molecule has 3 aromatic rings. The van der Waals surface area contributed by atoms with E-state index >= 15 is 0 Å². The van der Waals surface area contributed by atoms with Crippen molar-refractivity contribution < 1.29 is 19.0 Å². The lowest BCUT2D eigenvalue weighted by Gasteiger charge is -2.11. The second-order valence-electron chi connectivity index (χ2n) is 6.18. The third-order valence-electron chi connectivity index (χ3n) is 4.27. The SMILES string of the molecule is COc1ccc(NC(=O)Cn2nc(-c3ccc(OC)c(OC)c3)ccc2=O)cc1Cl. The molecule has 0 aliphatic carbocycles. The average molecular weight is 430 g/mol. The number of carbonyl (C=O) groups excluding carboxylic acids is 1. The van der Waals surface area contributed by atoms with Crippen LogP contribution in [-0.4, -0.2) is 37.0 Å². The van der Waals surface area contributed by atoms with Gasteiger partial charge in [-0.1, -0.05) is 11.6 Å². The number of nitrogens with one attached hydrogen (secondary N) is 1. The first-order valence-corrected chi connectivity index (χ1v) is 9.27. The summed E-state index contributed by atoms with van der Waals surface area (Å²) in [4.78, 5) is 24.6. The quantitative estimate of drug-likeness (QED) is 0.620. The van der Waals surface area contributed by atoms with E-state index in [1.807, 2.05) is 0 Å². The fraction of sp³-hybridized carbons (Fsp3) is 0.190. The maximum atomic E-state index is 12.4. The van der Waals surface area contributed by atoms with Gasteiger partial charge in [-0.15, -0.1) is 0 Å². The Balaban J connectivity index is 1.81. The first-order chi connectivity index (χ1) is 14.4. The van der Waals surface area contributed by atoms with Crippen LogP contribution in [0.25, 0.3) is 11.3 Å². The van der Waals surface area contributed by atoms with Crippen molar-refractivity contribution in [1.82, 2.24) is 9.78 Å². The maximum absolute atomic E-state index is 12.4. The van der Waals surface area contributed by atoms with Gasteiger partial charge in [0.25, 0.3) is 5.56 Å². The number of carbonyl (C=O) groups is 1. The summed E-state index contributed by atoms with van der Waals surface area (Å²) in [6, 6.07) is 13.1. The zero-order chi connectivity index (χ0) is 21.7. The predicted molar refractivity (Wildman–Crippen MR) is 114 cm³/mol. The molecule has 1 amide bonds. The van der Waals surface area contributed by atoms with Crippen molar-refractivity contribution in [2.24, 2.45) is 0 Å². The van der Waals surface area contributed by atoms with Gasteiger partial charge in [0.15, 0.2) is 11.5 Å². The number of halogens is 1. The Labute approximate surface area is 178 Å². The summed E-state index contributed by atoms with van der Waals surface area (Å²) < 4.78 is 16.7. The van der Waals surface area contributed by atoms with Gasteiger partial charge in [-0.05, 0) is 42.5 Å². The van der Waals surface area contributed by atoms with Crippen LogP contribution in [0.15, 0.2) is 53.3 Å². The molecule has 0 spiro atoms. The number of benzene rings is 2. The van der Waals surface area contributed by atoms with Crippen LogP contribution < -0.4 is 25.1 Å². The van der Waals surface area contributed by atoms with Crippen LogP contribution >= 0.6 is 11.6 Å². The Kier molecular flexibility index (Phi) is 6.58. The molecule has 0 saturated heterocycles. The van der Waals surface area contributed by atoms with Gasteiger partial charge in [-0.25, -0.2) is 4.68 Å². The summed E-state index contributed by atoms with van der Waals surface area (Å²) >= 11 is 6.07. The van der Waals surface area contributed by atoms with E-state index in [9.17, 15) is 9.59 Å². The Morgan fingerprint density at radius 2 is 1.67 bits per heavy atom. The van der Waals surface area contributed by atoms with Gasteiger partial charge in [-0.3, -0.25) is 9.59 Å². The van der Waals surface area contributed by atoms with Crippen LogP contribution in [0, 0.1) is 0 Å². The number of methoxy groups -OCH3 is 3.